The summed E-state index contributed by atoms with van der Waals surface area (Å²) in [5, 5.41) is 8.79. The van der Waals surface area contributed by atoms with Crippen molar-refractivity contribution >= 4 is 23.3 Å². The van der Waals surface area contributed by atoms with Crippen LogP contribution in [0.4, 0.5) is 0 Å². The maximum absolute atomic E-state index is 10.7. The van der Waals surface area contributed by atoms with E-state index in [-0.39, 0.29) is 6.42 Å². The first-order chi connectivity index (χ1) is 13.7. The van der Waals surface area contributed by atoms with Crippen molar-refractivity contribution in [3.05, 3.63) is 70.8 Å². The van der Waals surface area contributed by atoms with E-state index >= 15 is 0 Å². The van der Waals surface area contributed by atoms with Crippen molar-refractivity contribution in [3.8, 4) is 0 Å². The fraction of sp³-hybridized carbons (Fsp3) is 0.375. The van der Waals surface area contributed by atoms with E-state index in [9.17, 15) is 4.79 Å². The van der Waals surface area contributed by atoms with Crippen molar-refractivity contribution in [2.45, 2.75) is 42.8 Å². The minimum Gasteiger partial charge on any atom is -0.481 e. The molecule has 0 unspecified atom stereocenters. The third-order valence-corrected chi connectivity index (χ3v) is 6.88. The van der Waals surface area contributed by atoms with Crippen molar-refractivity contribution < 1.29 is 9.90 Å². The molecule has 0 amide bonds. The monoisotopic (exact) mass is 393 g/mol. The van der Waals surface area contributed by atoms with Gasteiger partial charge in [0.2, 0.25) is 0 Å². The molecule has 0 saturated carbocycles. The van der Waals surface area contributed by atoms with Gasteiger partial charge < -0.3 is 10.0 Å². The average molecular weight is 394 g/mol. The number of hydrogen-bond donors (Lipinski definition) is 1. The lowest BCUT2D eigenvalue weighted by atomic mass is 9.86. The van der Waals surface area contributed by atoms with Crippen molar-refractivity contribution in [2.75, 3.05) is 19.6 Å². The SMILES string of the molecule is O=C(O)CCCCN1CCC(=C2c3ccccc3CSc3ccccc32)CC1. The van der Waals surface area contributed by atoms with Gasteiger partial charge in [-0.15, -0.1) is 11.8 Å². The standard InChI is InChI=1S/C24H27NO2S/c26-23(27)11-5-6-14-25-15-12-18(13-16-25)24-20-8-2-1-7-19(20)17-28-22-10-4-3-9-21(22)24/h1-4,7-10H,5-6,11-17H2,(H,26,27). The molecule has 0 radical (unpaired) electrons. The molecule has 0 aromatic heterocycles. The number of likely N-dealkylation sites (tertiary alicyclic amines) is 1. The molecule has 0 aliphatic carbocycles. The number of benzene rings is 2. The summed E-state index contributed by atoms with van der Waals surface area (Å²) in [6.45, 7) is 3.16. The minimum atomic E-state index is -0.686. The first kappa shape index (κ1) is 19.3. The van der Waals surface area contributed by atoms with Crippen LogP contribution in [-0.2, 0) is 10.5 Å². The summed E-state index contributed by atoms with van der Waals surface area (Å²) in [5.74, 6) is 0.342. The third-order valence-electron chi connectivity index (χ3n) is 5.75. The number of thioether (sulfide) groups is 1. The van der Waals surface area contributed by atoms with Crippen LogP contribution < -0.4 is 0 Å². The maximum atomic E-state index is 10.7. The van der Waals surface area contributed by atoms with Crippen molar-refractivity contribution in [1.29, 1.82) is 0 Å². The smallest absolute Gasteiger partial charge is 0.303 e. The second kappa shape index (κ2) is 8.97. The summed E-state index contributed by atoms with van der Waals surface area (Å²) >= 11 is 1.94. The predicted octanol–water partition coefficient (Wildman–Crippen LogP) is 5.44. The number of carboxylic acids is 1. The largest absolute Gasteiger partial charge is 0.481 e. The van der Waals surface area contributed by atoms with Crippen LogP contribution >= 0.6 is 11.8 Å². The lowest BCUT2D eigenvalue weighted by molar-refractivity contribution is -0.137. The van der Waals surface area contributed by atoms with Crippen LogP contribution in [0.5, 0.6) is 0 Å². The molecule has 1 fully saturated rings. The van der Waals surface area contributed by atoms with Gasteiger partial charge in [0.25, 0.3) is 0 Å². The van der Waals surface area contributed by atoms with Gasteiger partial charge in [-0.2, -0.15) is 0 Å². The summed E-state index contributed by atoms with van der Waals surface area (Å²) in [6, 6.07) is 17.7. The number of rotatable bonds is 5. The molecule has 28 heavy (non-hydrogen) atoms. The molecule has 4 heteroatoms. The molecular weight excluding hydrogens is 366 g/mol. The predicted molar refractivity (Wildman–Crippen MR) is 116 cm³/mol. The summed E-state index contributed by atoms with van der Waals surface area (Å²) in [4.78, 5) is 14.6. The summed E-state index contributed by atoms with van der Waals surface area (Å²) in [5.41, 5.74) is 7.26. The van der Waals surface area contributed by atoms with Gasteiger partial charge in [0.15, 0.2) is 0 Å². The molecule has 1 saturated heterocycles. The Hall–Kier alpha value is -2.04. The molecule has 4 rings (SSSR count). The molecule has 2 aliphatic heterocycles. The topological polar surface area (TPSA) is 40.5 Å². The number of aliphatic carboxylic acids is 1. The van der Waals surface area contributed by atoms with Crippen molar-refractivity contribution in [2.24, 2.45) is 0 Å². The van der Waals surface area contributed by atoms with E-state index in [4.69, 9.17) is 5.11 Å². The zero-order chi connectivity index (χ0) is 19.3. The second-order valence-corrected chi connectivity index (χ2v) is 8.63. The van der Waals surface area contributed by atoms with Crippen LogP contribution in [0.1, 0.15) is 48.8 Å². The molecule has 1 N–H and O–H groups in total. The average Bonchev–Trinajstić information content (AvgIpc) is 2.89. The minimum absolute atomic E-state index is 0.286. The zero-order valence-corrected chi connectivity index (χ0v) is 17.0. The van der Waals surface area contributed by atoms with Gasteiger partial charge in [-0.05, 0) is 60.6 Å². The van der Waals surface area contributed by atoms with Gasteiger partial charge >= 0.3 is 5.97 Å². The third kappa shape index (κ3) is 4.34. The molecule has 0 atom stereocenters. The van der Waals surface area contributed by atoms with Gasteiger partial charge in [0.1, 0.15) is 0 Å². The van der Waals surface area contributed by atoms with Crippen LogP contribution in [0.15, 0.2) is 59.0 Å². The Kier molecular flexibility index (Phi) is 6.18. The molecule has 3 nitrogen and oxygen atoms in total. The van der Waals surface area contributed by atoms with Gasteiger partial charge in [0.05, 0.1) is 0 Å². The molecule has 2 aromatic rings. The first-order valence-electron chi connectivity index (χ1n) is 10.2. The van der Waals surface area contributed by atoms with Crippen molar-refractivity contribution in [3.63, 3.8) is 0 Å². The molecule has 146 valence electrons. The second-order valence-electron chi connectivity index (χ2n) is 7.61. The van der Waals surface area contributed by atoms with Gasteiger partial charge in [-0.25, -0.2) is 0 Å². The molecule has 2 aliphatic rings. The highest BCUT2D eigenvalue weighted by molar-refractivity contribution is 7.98. The number of carbonyl (C=O) groups is 1. The van der Waals surface area contributed by atoms with Crippen LogP contribution in [0.3, 0.4) is 0 Å². The van der Waals surface area contributed by atoms with E-state index in [1.807, 2.05) is 11.8 Å². The lowest BCUT2D eigenvalue weighted by Gasteiger charge is -2.30. The van der Waals surface area contributed by atoms with E-state index in [0.717, 1.165) is 51.1 Å². The summed E-state index contributed by atoms with van der Waals surface area (Å²) < 4.78 is 0. The number of carboxylic acid groups (broad SMARTS) is 1. The lowest BCUT2D eigenvalue weighted by Crippen LogP contribution is -2.32. The van der Waals surface area contributed by atoms with E-state index in [2.05, 4.69) is 53.4 Å². The Morgan fingerprint density at radius 2 is 1.68 bits per heavy atom. The van der Waals surface area contributed by atoms with Crippen LogP contribution in [0.2, 0.25) is 0 Å². The highest BCUT2D eigenvalue weighted by atomic mass is 32.2. The molecular formula is C24H27NO2S. The van der Waals surface area contributed by atoms with E-state index < -0.39 is 5.97 Å². The van der Waals surface area contributed by atoms with Crippen molar-refractivity contribution in [1.82, 2.24) is 4.90 Å². The molecule has 0 bridgehead atoms. The number of piperidine rings is 1. The Bertz CT molecular complexity index is 830. The van der Waals surface area contributed by atoms with E-state index in [1.54, 1.807) is 5.57 Å². The van der Waals surface area contributed by atoms with Gasteiger partial charge in [-0.1, -0.05) is 48.0 Å². The molecule has 2 aromatic carbocycles. The number of unbranched alkanes of at least 4 members (excludes halogenated alkanes) is 1. The molecule has 0 spiro atoms. The van der Waals surface area contributed by atoms with Gasteiger partial charge in [-0.3, -0.25) is 4.79 Å². The normalized spacial score (nSPS) is 17.0. The quantitative estimate of drug-likeness (QED) is 0.686. The highest BCUT2D eigenvalue weighted by Gasteiger charge is 2.23. The summed E-state index contributed by atoms with van der Waals surface area (Å²) in [6.07, 6.45) is 4.23. The summed E-state index contributed by atoms with van der Waals surface area (Å²) in [7, 11) is 0. The zero-order valence-electron chi connectivity index (χ0n) is 16.2. The molecule has 2 heterocycles. The Labute approximate surface area is 171 Å². The number of hydrogen-bond acceptors (Lipinski definition) is 3. The Morgan fingerprint density at radius 1 is 0.964 bits per heavy atom. The van der Waals surface area contributed by atoms with E-state index in [0.29, 0.717) is 0 Å². The van der Waals surface area contributed by atoms with Gasteiger partial charge in [0, 0.05) is 30.2 Å². The fourth-order valence-corrected chi connectivity index (χ4v) is 5.34. The number of nitrogens with zero attached hydrogens (tertiary/aromatic N) is 1. The van der Waals surface area contributed by atoms with Crippen LogP contribution in [0.25, 0.3) is 5.57 Å². The van der Waals surface area contributed by atoms with E-state index in [1.165, 1.54) is 27.2 Å². The highest BCUT2D eigenvalue weighted by Crippen LogP contribution is 2.43. The Balaban J connectivity index is 1.55. The Morgan fingerprint density at radius 3 is 2.46 bits per heavy atom. The van der Waals surface area contributed by atoms with Crippen LogP contribution in [-0.4, -0.2) is 35.6 Å². The van der Waals surface area contributed by atoms with Crippen LogP contribution in [0, 0.1) is 0 Å². The maximum Gasteiger partial charge on any atom is 0.303 e. The fourth-order valence-electron chi connectivity index (χ4n) is 4.28. The number of fused-ring (bicyclic) bond motifs is 2. The first-order valence-corrected chi connectivity index (χ1v) is 11.2.